The van der Waals surface area contributed by atoms with Crippen LogP contribution < -0.4 is 0 Å². The maximum atomic E-state index is 12.1. The van der Waals surface area contributed by atoms with Gasteiger partial charge in [0.05, 0.1) is 6.42 Å². The summed E-state index contributed by atoms with van der Waals surface area (Å²) in [7, 11) is 0. The van der Waals surface area contributed by atoms with Crippen LogP contribution in [0.1, 0.15) is 17.3 Å². The highest BCUT2D eigenvalue weighted by molar-refractivity contribution is 9.10. The molecule has 0 atom stereocenters. The topological polar surface area (TPSA) is 56.0 Å². The van der Waals surface area contributed by atoms with E-state index in [-0.39, 0.29) is 11.7 Å². The summed E-state index contributed by atoms with van der Waals surface area (Å²) in [6.45, 7) is 0. The molecule has 0 aliphatic heterocycles. The highest BCUT2D eigenvalue weighted by Crippen LogP contribution is 2.18. The number of benzene rings is 1. The van der Waals surface area contributed by atoms with Gasteiger partial charge in [-0.3, -0.25) is 4.79 Å². The molecule has 4 nitrogen and oxygen atoms in total. The van der Waals surface area contributed by atoms with E-state index < -0.39 is 18.4 Å². The molecule has 8 heteroatoms. The molecule has 0 aliphatic carbocycles. The van der Waals surface area contributed by atoms with E-state index in [1.807, 2.05) is 24.3 Å². The predicted molar refractivity (Wildman–Crippen MR) is 66.0 cm³/mol. The standard InChI is InChI=1S/C12H8BrF3N2O2/c13-8-3-1-7(2-4-8)5-10-17-11(20-18-10)6-9(19)12(14,15)16/h1-4H,5-6H2. The summed E-state index contributed by atoms with van der Waals surface area (Å²) in [5.74, 6) is -2.01. The Morgan fingerprint density at radius 2 is 1.90 bits per heavy atom. The summed E-state index contributed by atoms with van der Waals surface area (Å²) in [5, 5.41) is 3.55. The smallest absolute Gasteiger partial charge is 0.339 e. The Balaban J connectivity index is 2.02. The molecule has 0 spiro atoms. The molecule has 0 saturated heterocycles. The molecule has 1 aromatic heterocycles. The Kier molecular flexibility index (Phi) is 4.22. The second-order valence-electron chi connectivity index (χ2n) is 4.01. The molecule has 1 heterocycles. The van der Waals surface area contributed by atoms with Crippen molar-refractivity contribution in [2.24, 2.45) is 0 Å². The number of carbonyl (C=O) groups excluding carboxylic acids is 1. The van der Waals surface area contributed by atoms with Crippen molar-refractivity contribution in [1.82, 2.24) is 10.1 Å². The van der Waals surface area contributed by atoms with Crippen LogP contribution in [0.5, 0.6) is 0 Å². The summed E-state index contributed by atoms with van der Waals surface area (Å²) < 4.78 is 41.8. The maximum Gasteiger partial charge on any atom is 0.450 e. The Morgan fingerprint density at radius 3 is 2.50 bits per heavy atom. The van der Waals surface area contributed by atoms with Gasteiger partial charge in [0, 0.05) is 10.9 Å². The summed E-state index contributed by atoms with van der Waals surface area (Å²) >= 11 is 3.29. The third kappa shape index (κ3) is 3.89. The highest BCUT2D eigenvalue weighted by Gasteiger charge is 2.39. The van der Waals surface area contributed by atoms with Gasteiger partial charge in [0.25, 0.3) is 0 Å². The minimum absolute atomic E-state index is 0.234. The van der Waals surface area contributed by atoms with Crippen molar-refractivity contribution in [1.29, 1.82) is 0 Å². The first-order valence-electron chi connectivity index (χ1n) is 5.50. The quantitative estimate of drug-likeness (QED) is 0.851. The Hall–Kier alpha value is -1.70. The average molecular weight is 349 g/mol. The van der Waals surface area contributed by atoms with Crippen LogP contribution in [-0.2, 0) is 17.6 Å². The zero-order chi connectivity index (χ0) is 14.8. The lowest BCUT2D eigenvalue weighted by atomic mass is 10.1. The van der Waals surface area contributed by atoms with Gasteiger partial charge in [-0.15, -0.1) is 0 Å². The van der Waals surface area contributed by atoms with Crippen molar-refractivity contribution in [3.05, 3.63) is 46.0 Å². The van der Waals surface area contributed by atoms with Crippen LogP contribution in [0.3, 0.4) is 0 Å². The van der Waals surface area contributed by atoms with E-state index in [9.17, 15) is 18.0 Å². The SMILES string of the molecule is O=C(Cc1nc(Cc2ccc(Br)cc2)no1)C(F)(F)F. The number of ketones is 1. The zero-order valence-corrected chi connectivity index (χ0v) is 11.5. The van der Waals surface area contributed by atoms with Crippen molar-refractivity contribution < 1.29 is 22.5 Å². The van der Waals surface area contributed by atoms with Crippen LogP contribution >= 0.6 is 15.9 Å². The molecular formula is C12H8BrF3N2O2. The lowest BCUT2D eigenvalue weighted by Gasteiger charge is -2.00. The second kappa shape index (κ2) is 5.74. The molecule has 0 radical (unpaired) electrons. The van der Waals surface area contributed by atoms with E-state index in [1.54, 1.807) is 0 Å². The van der Waals surface area contributed by atoms with E-state index in [0.29, 0.717) is 6.42 Å². The second-order valence-corrected chi connectivity index (χ2v) is 4.92. The summed E-state index contributed by atoms with van der Waals surface area (Å²) in [6, 6.07) is 7.29. The number of Topliss-reactive ketones (excluding diaryl/α,β-unsaturated/α-hetero) is 1. The number of hydrogen-bond donors (Lipinski definition) is 0. The predicted octanol–water partition coefficient (Wildman–Crippen LogP) is 3.10. The van der Waals surface area contributed by atoms with Crippen LogP contribution in [0.2, 0.25) is 0 Å². The monoisotopic (exact) mass is 348 g/mol. The number of aromatic nitrogens is 2. The minimum Gasteiger partial charge on any atom is -0.339 e. The van der Waals surface area contributed by atoms with Crippen molar-refractivity contribution in [2.45, 2.75) is 19.0 Å². The Morgan fingerprint density at radius 1 is 1.25 bits per heavy atom. The minimum atomic E-state index is -4.89. The summed E-state index contributed by atoms with van der Waals surface area (Å²) in [5.41, 5.74) is 0.877. The van der Waals surface area contributed by atoms with Crippen LogP contribution in [0, 0.1) is 0 Å². The molecule has 2 aromatic rings. The maximum absolute atomic E-state index is 12.1. The van der Waals surface area contributed by atoms with Crippen LogP contribution in [0.25, 0.3) is 0 Å². The first-order chi connectivity index (χ1) is 9.34. The summed E-state index contributed by atoms with van der Waals surface area (Å²) in [6.07, 6.45) is -5.51. The fourth-order valence-electron chi connectivity index (χ4n) is 1.46. The molecule has 0 saturated carbocycles. The molecule has 0 bridgehead atoms. The molecule has 20 heavy (non-hydrogen) atoms. The van der Waals surface area contributed by atoms with Crippen molar-refractivity contribution in [3.63, 3.8) is 0 Å². The molecule has 0 N–H and O–H groups in total. The van der Waals surface area contributed by atoms with Crippen molar-refractivity contribution in [2.75, 3.05) is 0 Å². The summed E-state index contributed by atoms with van der Waals surface area (Å²) in [4.78, 5) is 14.6. The fraction of sp³-hybridized carbons (Fsp3) is 0.250. The van der Waals surface area contributed by atoms with E-state index >= 15 is 0 Å². The largest absolute Gasteiger partial charge is 0.450 e. The molecule has 0 aliphatic rings. The Bertz CT molecular complexity index is 608. The van der Waals surface area contributed by atoms with Gasteiger partial charge in [0.15, 0.2) is 5.82 Å². The third-order valence-corrected chi connectivity index (χ3v) is 2.94. The molecule has 0 fully saturated rings. The lowest BCUT2D eigenvalue weighted by molar-refractivity contribution is -0.170. The zero-order valence-electron chi connectivity index (χ0n) is 9.95. The van der Waals surface area contributed by atoms with Gasteiger partial charge in [-0.1, -0.05) is 33.2 Å². The highest BCUT2D eigenvalue weighted by atomic mass is 79.9. The van der Waals surface area contributed by atoms with Gasteiger partial charge in [-0.05, 0) is 17.7 Å². The molecule has 1 aromatic carbocycles. The normalized spacial score (nSPS) is 11.6. The molecule has 2 rings (SSSR count). The molecule has 0 unspecified atom stereocenters. The number of carbonyl (C=O) groups is 1. The van der Waals surface area contributed by atoms with Crippen LogP contribution in [0.15, 0.2) is 33.3 Å². The molecular weight excluding hydrogens is 341 g/mol. The van der Waals surface area contributed by atoms with Gasteiger partial charge in [-0.25, -0.2) is 0 Å². The Labute approximate surface area is 120 Å². The lowest BCUT2D eigenvalue weighted by Crippen LogP contribution is -2.24. The number of rotatable bonds is 4. The van der Waals surface area contributed by atoms with Gasteiger partial charge in [-0.2, -0.15) is 18.2 Å². The van der Waals surface area contributed by atoms with Crippen molar-refractivity contribution in [3.8, 4) is 0 Å². The first-order valence-corrected chi connectivity index (χ1v) is 6.30. The van der Waals surface area contributed by atoms with Crippen LogP contribution in [0.4, 0.5) is 13.2 Å². The molecule has 106 valence electrons. The number of alkyl halides is 3. The number of nitrogens with zero attached hydrogens (tertiary/aromatic N) is 2. The number of hydrogen-bond acceptors (Lipinski definition) is 4. The van der Waals surface area contributed by atoms with E-state index in [4.69, 9.17) is 0 Å². The van der Waals surface area contributed by atoms with Gasteiger partial charge in [0.1, 0.15) is 0 Å². The first kappa shape index (κ1) is 14.7. The van der Waals surface area contributed by atoms with E-state index in [2.05, 4.69) is 30.6 Å². The third-order valence-electron chi connectivity index (χ3n) is 2.41. The van der Waals surface area contributed by atoms with E-state index in [0.717, 1.165) is 10.0 Å². The van der Waals surface area contributed by atoms with Gasteiger partial charge in [0.2, 0.25) is 11.7 Å². The van der Waals surface area contributed by atoms with Crippen molar-refractivity contribution >= 4 is 21.7 Å². The number of halogens is 4. The fourth-order valence-corrected chi connectivity index (χ4v) is 1.72. The molecule has 0 amide bonds. The van der Waals surface area contributed by atoms with E-state index in [1.165, 1.54) is 0 Å². The average Bonchev–Trinajstić information content (AvgIpc) is 2.78. The van der Waals surface area contributed by atoms with Crippen LogP contribution in [-0.4, -0.2) is 22.1 Å². The van der Waals surface area contributed by atoms with Gasteiger partial charge < -0.3 is 4.52 Å². The van der Waals surface area contributed by atoms with Gasteiger partial charge >= 0.3 is 6.18 Å².